The van der Waals surface area contributed by atoms with E-state index in [1.807, 2.05) is 0 Å². The summed E-state index contributed by atoms with van der Waals surface area (Å²) in [6, 6.07) is 7.34. The maximum atomic E-state index is 3.30. The zero-order valence-electron chi connectivity index (χ0n) is 7.02. The summed E-state index contributed by atoms with van der Waals surface area (Å²) in [5.41, 5.74) is 4.22. The molecule has 11 heavy (non-hydrogen) atoms. The van der Waals surface area contributed by atoms with E-state index in [1.54, 1.807) is 0 Å². The fourth-order valence-corrected chi connectivity index (χ4v) is 1.28. The summed E-state index contributed by atoms with van der Waals surface area (Å²) in [7, 11) is 0. The highest BCUT2D eigenvalue weighted by Crippen LogP contribution is 2.23. The van der Waals surface area contributed by atoms with Crippen LogP contribution >= 0.6 is 0 Å². The third kappa shape index (κ3) is 1.29. The van der Waals surface area contributed by atoms with Crippen LogP contribution in [-0.4, -0.2) is 6.54 Å². The molecular weight excluding hydrogens is 134 g/mol. The largest absolute Gasteiger partial charge is 0.307 e. The van der Waals surface area contributed by atoms with Crippen molar-refractivity contribution in [1.29, 1.82) is 0 Å². The second-order valence-electron chi connectivity index (χ2n) is 3.30. The number of aryl methyl sites for hydroxylation is 2. The quantitative estimate of drug-likeness (QED) is 0.602. The van der Waals surface area contributed by atoms with Crippen LogP contribution in [0.15, 0.2) is 18.2 Å². The van der Waals surface area contributed by atoms with Crippen LogP contribution in [0.1, 0.15) is 22.7 Å². The molecule has 2 rings (SSSR count). The summed E-state index contributed by atoms with van der Waals surface area (Å²) in [6.45, 7) is 5.48. The molecule has 58 valence electrons. The Balaban J connectivity index is 2.36. The maximum Gasteiger partial charge on any atom is 0.0447 e. The van der Waals surface area contributed by atoms with Crippen molar-refractivity contribution in [3.8, 4) is 0 Å². The normalized spacial score (nSPS) is 21.8. The molecule has 1 nitrogen and oxygen atoms in total. The Morgan fingerprint density at radius 1 is 1.27 bits per heavy atom. The van der Waals surface area contributed by atoms with E-state index in [1.165, 1.54) is 16.7 Å². The van der Waals surface area contributed by atoms with Gasteiger partial charge in [0.25, 0.3) is 0 Å². The van der Waals surface area contributed by atoms with Gasteiger partial charge in [0.2, 0.25) is 0 Å². The van der Waals surface area contributed by atoms with Crippen molar-refractivity contribution < 1.29 is 0 Å². The number of hydrogen-bond acceptors (Lipinski definition) is 1. The predicted molar refractivity (Wildman–Crippen MR) is 46.7 cm³/mol. The molecular formula is C10H13N. The molecule has 1 atom stereocenters. The van der Waals surface area contributed by atoms with Gasteiger partial charge in [-0.3, -0.25) is 0 Å². The van der Waals surface area contributed by atoms with Gasteiger partial charge in [-0.1, -0.05) is 18.2 Å². The van der Waals surface area contributed by atoms with Crippen molar-refractivity contribution in [1.82, 2.24) is 5.32 Å². The van der Waals surface area contributed by atoms with Crippen LogP contribution in [0.3, 0.4) is 0 Å². The number of rotatable bonds is 1. The fraction of sp³-hybridized carbons (Fsp3) is 0.400. The van der Waals surface area contributed by atoms with Gasteiger partial charge >= 0.3 is 0 Å². The number of benzene rings is 1. The van der Waals surface area contributed by atoms with Gasteiger partial charge in [0.15, 0.2) is 0 Å². The van der Waals surface area contributed by atoms with E-state index in [-0.39, 0.29) is 0 Å². The average Bonchev–Trinajstić information content (AvgIpc) is 2.77. The minimum absolute atomic E-state index is 0.647. The topological polar surface area (TPSA) is 21.9 Å². The highest BCUT2D eigenvalue weighted by Gasteiger charge is 2.21. The molecule has 0 bridgehead atoms. The van der Waals surface area contributed by atoms with E-state index < -0.39 is 0 Å². The van der Waals surface area contributed by atoms with Crippen LogP contribution < -0.4 is 5.32 Å². The van der Waals surface area contributed by atoms with E-state index in [2.05, 4.69) is 37.4 Å². The van der Waals surface area contributed by atoms with Crippen LogP contribution in [-0.2, 0) is 0 Å². The molecule has 1 aromatic carbocycles. The molecule has 1 aromatic rings. The lowest BCUT2D eigenvalue weighted by Gasteiger charge is -2.01. The van der Waals surface area contributed by atoms with Gasteiger partial charge in [-0.25, -0.2) is 0 Å². The van der Waals surface area contributed by atoms with Crippen molar-refractivity contribution in [2.24, 2.45) is 0 Å². The molecule has 0 amide bonds. The molecule has 1 heteroatoms. The lowest BCUT2D eigenvalue weighted by atomic mass is 10.0. The van der Waals surface area contributed by atoms with Crippen molar-refractivity contribution in [2.75, 3.05) is 6.54 Å². The predicted octanol–water partition coefficient (Wildman–Crippen LogP) is 1.95. The van der Waals surface area contributed by atoms with Gasteiger partial charge in [0, 0.05) is 12.6 Å². The Kier molecular flexibility index (Phi) is 1.46. The Morgan fingerprint density at radius 2 is 2.00 bits per heavy atom. The van der Waals surface area contributed by atoms with Gasteiger partial charge < -0.3 is 5.32 Å². The third-order valence-corrected chi connectivity index (χ3v) is 2.34. The van der Waals surface area contributed by atoms with Crippen molar-refractivity contribution in [3.05, 3.63) is 34.9 Å². The van der Waals surface area contributed by atoms with E-state index >= 15 is 0 Å². The highest BCUT2D eigenvalue weighted by atomic mass is 15.1. The Hall–Kier alpha value is -0.820. The average molecular weight is 147 g/mol. The maximum absolute atomic E-state index is 3.30. The molecule has 0 saturated carbocycles. The van der Waals surface area contributed by atoms with Gasteiger partial charge in [-0.15, -0.1) is 0 Å². The summed E-state index contributed by atoms with van der Waals surface area (Å²) in [4.78, 5) is 0. The summed E-state index contributed by atoms with van der Waals surface area (Å²) < 4.78 is 0. The molecule has 1 fully saturated rings. The molecule has 0 radical (unpaired) electrons. The Morgan fingerprint density at radius 3 is 2.55 bits per heavy atom. The third-order valence-electron chi connectivity index (χ3n) is 2.34. The minimum Gasteiger partial charge on any atom is -0.307 e. The first-order chi connectivity index (χ1) is 5.27. The zero-order valence-corrected chi connectivity index (χ0v) is 7.02. The molecule has 0 aliphatic carbocycles. The first-order valence-corrected chi connectivity index (χ1v) is 4.08. The van der Waals surface area contributed by atoms with Gasteiger partial charge in [0.1, 0.15) is 0 Å². The first-order valence-electron chi connectivity index (χ1n) is 4.08. The van der Waals surface area contributed by atoms with E-state index in [4.69, 9.17) is 0 Å². The Labute approximate surface area is 67.4 Å². The second-order valence-corrected chi connectivity index (χ2v) is 3.30. The molecule has 1 unspecified atom stereocenters. The van der Waals surface area contributed by atoms with Crippen LogP contribution in [0.5, 0.6) is 0 Å². The van der Waals surface area contributed by atoms with Crippen molar-refractivity contribution in [2.45, 2.75) is 19.9 Å². The standard InChI is InChI=1S/C10H13N/c1-7-3-4-9(5-8(7)2)10-6-11-10/h3-5,10-11H,6H2,1-2H3. The molecule has 0 spiro atoms. The van der Waals surface area contributed by atoms with Gasteiger partial charge in [0.05, 0.1) is 0 Å². The van der Waals surface area contributed by atoms with Crippen LogP contribution in [0, 0.1) is 13.8 Å². The Bertz CT molecular complexity index is 274. The van der Waals surface area contributed by atoms with E-state index in [0.717, 1.165) is 6.54 Å². The summed E-state index contributed by atoms with van der Waals surface area (Å²) in [5, 5.41) is 3.30. The second kappa shape index (κ2) is 2.35. The molecule has 1 N–H and O–H groups in total. The number of nitrogens with one attached hydrogen (secondary N) is 1. The SMILES string of the molecule is Cc1ccc(C2CN2)cc1C. The van der Waals surface area contributed by atoms with Crippen LogP contribution in [0.25, 0.3) is 0 Å². The zero-order chi connectivity index (χ0) is 7.84. The highest BCUT2D eigenvalue weighted by molar-refractivity contribution is 5.33. The minimum atomic E-state index is 0.647. The molecule has 1 saturated heterocycles. The van der Waals surface area contributed by atoms with E-state index in [0.29, 0.717) is 6.04 Å². The van der Waals surface area contributed by atoms with E-state index in [9.17, 15) is 0 Å². The lowest BCUT2D eigenvalue weighted by Crippen LogP contribution is -1.87. The molecule has 0 aromatic heterocycles. The molecule has 1 heterocycles. The first kappa shape index (κ1) is 6.86. The summed E-state index contributed by atoms with van der Waals surface area (Å²) in [5.74, 6) is 0. The summed E-state index contributed by atoms with van der Waals surface area (Å²) >= 11 is 0. The fourth-order valence-electron chi connectivity index (χ4n) is 1.28. The number of hydrogen-bond donors (Lipinski definition) is 1. The smallest absolute Gasteiger partial charge is 0.0447 e. The summed E-state index contributed by atoms with van der Waals surface area (Å²) in [6.07, 6.45) is 0. The van der Waals surface area contributed by atoms with Gasteiger partial charge in [-0.2, -0.15) is 0 Å². The lowest BCUT2D eigenvalue weighted by molar-refractivity contribution is 1.07. The van der Waals surface area contributed by atoms with Gasteiger partial charge in [-0.05, 0) is 30.5 Å². The van der Waals surface area contributed by atoms with Crippen molar-refractivity contribution in [3.63, 3.8) is 0 Å². The monoisotopic (exact) mass is 147 g/mol. The van der Waals surface area contributed by atoms with Crippen molar-refractivity contribution >= 4 is 0 Å². The molecule has 1 aliphatic rings. The van der Waals surface area contributed by atoms with Crippen LogP contribution in [0.4, 0.5) is 0 Å². The molecule has 1 aliphatic heterocycles. The van der Waals surface area contributed by atoms with Crippen LogP contribution in [0.2, 0.25) is 0 Å².